The second-order valence-corrected chi connectivity index (χ2v) is 7.73. The maximum atomic E-state index is 13.1. The molecule has 0 saturated heterocycles. The number of halogens is 1. The van der Waals surface area contributed by atoms with E-state index in [0.29, 0.717) is 33.2 Å². The molecule has 4 aromatic rings. The van der Waals surface area contributed by atoms with Gasteiger partial charge in [0.2, 0.25) is 0 Å². The summed E-state index contributed by atoms with van der Waals surface area (Å²) in [6.45, 7) is 3.55. The molecule has 3 aromatic heterocycles. The molecule has 0 bridgehead atoms. The Kier molecular flexibility index (Phi) is 3.20. The standard InChI is InChI=1S/C16H13ClN4O2S/c1-10-8-14-15(9-13(17)16-19-18-11(2)20(14)16)21(10)24(22,23)12-6-4-3-5-7-12/h3-9H,1-2H3. The summed E-state index contributed by atoms with van der Waals surface area (Å²) in [6.07, 6.45) is 0. The highest BCUT2D eigenvalue weighted by molar-refractivity contribution is 7.90. The summed E-state index contributed by atoms with van der Waals surface area (Å²) in [6, 6.07) is 11.7. The van der Waals surface area contributed by atoms with E-state index in [0.717, 1.165) is 0 Å². The Morgan fingerprint density at radius 1 is 1.00 bits per heavy atom. The van der Waals surface area contributed by atoms with E-state index in [1.165, 1.54) is 3.97 Å². The van der Waals surface area contributed by atoms with E-state index in [9.17, 15) is 8.42 Å². The van der Waals surface area contributed by atoms with Gasteiger partial charge < -0.3 is 0 Å². The summed E-state index contributed by atoms with van der Waals surface area (Å²) < 4.78 is 29.2. The molecule has 0 aliphatic carbocycles. The van der Waals surface area contributed by atoms with E-state index in [4.69, 9.17) is 11.6 Å². The number of hydrogen-bond acceptors (Lipinski definition) is 4. The number of nitrogens with zero attached hydrogens (tertiary/aromatic N) is 4. The van der Waals surface area contributed by atoms with Crippen molar-refractivity contribution in [3.8, 4) is 0 Å². The number of pyridine rings is 1. The molecular weight excluding hydrogens is 348 g/mol. The Morgan fingerprint density at radius 2 is 1.71 bits per heavy atom. The summed E-state index contributed by atoms with van der Waals surface area (Å²) in [5.41, 5.74) is 2.30. The van der Waals surface area contributed by atoms with Gasteiger partial charge in [-0.15, -0.1) is 10.2 Å². The van der Waals surface area contributed by atoms with E-state index in [1.54, 1.807) is 60.7 Å². The largest absolute Gasteiger partial charge is 0.276 e. The van der Waals surface area contributed by atoms with Crippen molar-refractivity contribution < 1.29 is 8.42 Å². The molecule has 0 radical (unpaired) electrons. The van der Waals surface area contributed by atoms with Crippen LogP contribution in [0.15, 0.2) is 47.4 Å². The molecule has 0 spiro atoms. The monoisotopic (exact) mass is 360 g/mol. The zero-order valence-electron chi connectivity index (χ0n) is 12.9. The summed E-state index contributed by atoms with van der Waals surface area (Å²) in [5, 5.41) is 8.44. The quantitative estimate of drug-likeness (QED) is 0.550. The van der Waals surface area contributed by atoms with Gasteiger partial charge in [-0.3, -0.25) is 4.40 Å². The van der Waals surface area contributed by atoms with Gasteiger partial charge in [0.25, 0.3) is 10.0 Å². The molecular formula is C16H13ClN4O2S. The number of rotatable bonds is 2. The van der Waals surface area contributed by atoms with Gasteiger partial charge in [-0.2, -0.15) is 0 Å². The van der Waals surface area contributed by atoms with Crippen LogP contribution in [0.4, 0.5) is 0 Å². The lowest BCUT2D eigenvalue weighted by Crippen LogP contribution is -2.14. The number of aromatic nitrogens is 4. The van der Waals surface area contributed by atoms with Crippen molar-refractivity contribution in [2.75, 3.05) is 0 Å². The molecule has 0 amide bonds. The molecule has 0 aliphatic rings. The Bertz CT molecular complexity index is 1190. The van der Waals surface area contributed by atoms with E-state index in [1.807, 2.05) is 0 Å². The lowest BCUT2D eigenvalue weighted by molar-refractivity contribution is 0.588. The summed E-state index contributed by atoms with van der Waals surface area (Å²) >= 11 is 6.30. The number of benzene rings is 1. The normalized spacial score (nSPS) is 12.3. The SMILES string of the molecule is Cc1cc2c(cc(Cl)c3nnc(C)n32)n1S(=O)(=O)c1ccccc1. The van der Waals surface area contributed by atoms with Crippen LogP contribution < -0.4 is 0 Å². The third-order valence-electron chi connectivity index (χ3n) is 3.97. The Morgan fingerprint density at radius 3 is 2.42 bits per heavy atom. The molecule has 8 heteroatoms. The summed E-state index contributed by atoms with van der Waals surface area (Å²) in [5.74, 6) is 0.645. The highest BCUT2D eigenvalue weighted by Crippen LogP contribution is 2.30. The van der Waals surface area contributed by atoms with Gasteiger partial charge in [0.1, 0.15) is 5.82 Å². The number of hydrogen-bond donors (Lipinski definition) is 0. The van der Waals surface area contributed by atoms with Crippen molar-refractivity contribution in [2.45, 2.75) is 18.7 Å². The van der Waals surface area contributed by atoms with Crippen LogP contribution in [-0.2, 0) is 10.0 Å². The van der Waals surface area contributed by atoms with Gasteiger partial charge in [-0.1, -0.05) is 29.8 Å². The number of fused-ring (bicyclic) bond motifs is 3. The molecule has 122 valence electrons. The van der Waals surface area contributed by atoms with Crippen molar-refractivity contribution in [3.05, 3.63) is 59.0 Å². The second kappa shape index (κ2) is 5.06. The van der Waals surface area contributed by atoms with Crippen molar-refractivity contribution in [1.29, 1.82) is 0 Å². The molecule has 4 rings (SSSR count). The van der Waals surface area contributed by atoms with Gasteiger partial charge in [0, 0.05) is 5.69 Å². The van der Waals surface area contributed by atoms with E-state index in [-0.39, 0.29) is 4.90 Å². The lowest BCUT2D eigenvalue weighted by Gasteiger charge is -2.10. The van der Waals surface area contributed by atoms with Crippen molar-refractivity contribution in [3.63, 3.8) is 0 Å². The maximum absolute atomic E-state index is 13.1. The molecule has 0 aliphatic heterocycles. The van der Waals surface area contributed by atoms with Crippen LogP contribution in [0.25, 0.3) is 16.7 Å². The molecule has 6 nitrogen and oxygen atoms in total. The predicted octanol–water partition coefficient (Wildman–Crippen LogP) is 3.19. The van der Waals surface area contributed by atoms with Crippen LogP contribution in [0.1, 0.15) is 11.5 Å². The second-order valence-electron chi connectivity index (χ2n) is 5.54. The van der Waals surface area contributed by atoms with Crippen LogP contribution in [-0.4, -0.2) is 27.0 Å². The first-order valence-electron chi connectivity index (χ1n) is 7.24. The average molecular weight is 361 g/mol. The summed E-state index contributed by atoms with van der Waals surface area (Å²) in [7, 11) is -3.73. The minimum Gasteiger partial charge on any atom is -0.276 e. The third-order valence-corrected chi connectivity index (χ3v) is 6.08. The van der Waals surface area contributed by atoms with Crippen molar-refractivity contribution in [1.82, 2.24) is 18.6 Å². The number of aryl methyl sites for hydroxylation is 2. The van der Waals surface area contributed by atoms with E-state index >= 15 is 0 Å². The van der Waals surface area contributed by atoms with Crippen LogP contribution in [0.3, 0.4) is 0 Å². The van der Waals surface area contributed by atoms with Crippen LogP contribution >= 0.6 is 11.6 Å². The fourth-order valence-electron chi connectivity index (χ4n) is 2.94. The van der Waals surface area contributed by atoms with Gasteiger partial charge in [-0.25, -0.2) is 12.4 Å². The molecule has 0 fully saturated rings. The van der Waals surface area contributed by atoms with E-state index in [2.05, 4.69) is 10.2 Å². The fourth-order valence-corrected chi connectivity index (χ4v) is 4.72. The molecule has 0 atom stereocenters. The average Bonchev–Trinajstić information content (AvgIpc) is 3.09. The molecule has 0 saturated carbocycles. The van der Waals surface area contributed by atoms with Crippen LogP contribution in [0.2, 0.25) is 5.02 Å². The van der Waals surface area contributed by atoms with Crippen LogP contribution in [0.5, 0.6) is 0 Å². The highest BCUT2D eigenvalue weighted by Gasteiger charge is 2.23. The zero-order chi connectivity index (χ0) is 17.1. The lowest BCUT2D eigenvalue weighted by atomic mass is 10.3. The van der Waals surface area contributed by atoms with Gasteiger partial charge in [0.05, 0.1) is 21.0 Å². The molecule has 1 aromatic carbocycles. The Labute approximate surface area is 143 Å². The van der Waals surface area contributed by atoms with Gasteiger partial charge >= 0.3 is 0 Å². The molecule has 3 heterocycles. The van der Waals surface area contributed by atoms with Crippen molar-refractivity contribution in [2.24, 2.45) is 0 Å². The van der Waals surface area contributed by atoms with Gasteiger partial charge in [0.15, 0.2) is 5.65 Å². The van der Waals surface area contributed by atoms with Crippen LogP contribution in [0, 0.1) is 13.8 Å². The molecule has 24 heavy (non-hydrogen) atoms. The third kappa shape index (κ3) is 1.98. The molecule has 0 N–H and O–H groups in total. The molecule has 0 unspecified atom stereocenters. The Hall–Kier alpha value is -2.38. The minimum absolute atomic E-state index is 0.224. The van der Waals surface area contributed by atoms with Gasteiger partial charge in [-0.05, 0) is 38.1 Å². The summed E-state index contributed by atoms with van der Waals surface area (Å²) in [4.78, 5) is 0.224. The highest BCUT2D eigenvalue weighted by atomic mass is 35.5. The van der Waals surface area contributed by atoms with Crippen molar-refractivity contribution >= 4 is 38.3 Å². The van der Waals surface area contributed by atoms with E-state index < -0.39 is 10.0 Å². The zero-order valence-corrected chi connectivity index (χ0v) is 14.5. The topological polar surface area (TPSA) is 69.3 Å². The fraction of sp³-hybridized carbons (Fsp3) is 0.125. The first kappa shape index (κ1) is 15.2. The predicted molar refractivity (Wildman–Crippen MR) is 92.0 cm³/mol. The maximum Gasteiger partial charge on any atom is 0.268 e. The smallest absolute Gasteiger partial charge is 0.268 e. The first-order chi connectivity index (χ1) is 11.4. The Balaban J connectivity index is 2.15. The minimum atomic E-state index is -3.73. The first-order valence-corrected chi connectivity index (χ1v) is 9.06.